The SMILES string of the molecule is CC(C)Cn1cccc(CC(C)C(=O)O)c1=O. The molecule has 4 nitrogen and oxygen atoms in total. The largest absolute Gasteiger partial charge is 0.481 e. The van der Waals surface area contributed by atoms with E-state index < -0.39 is 11.9 Å². The second-order valence-corrected chi connectivity index (χ2v) is 4.83. The molecule has 0 amide bonds. The lowest BCUT2D eigenvalue weighted by molar-refractivity contribution is -0.141. The third-order valence-corrected chi connectivity index (χ3v) is 2.61. The Morgan fingerprint density at radius 2 is 2.06 bits per heavy atom. The summed E-state index contributed by atoms with van der Waals surface area (Å²) in [6, 6.07) is 3.51. The first-order chi connectivity index (χ1) is 7.91. The Balaban J connectivity index is 2.94. The Morgan fingerprint density at radius 1 is 1.41 bits per heavy atom. The Hall–Kier alpha value is -1.58. The number of carbonyl (C=O) groups is 1. The molecular weight excluding hydrogens is 218 g/mol. The average molecular weight is 237 g/mol. The lowest BCUT2D eigenvalue weighted by atomic mass is 10.0. The Kier molecular flexibility index (Phi) is 4.49. The van der Waals surface area contributed by atoms with Gasteiger partial charge in [0.1, 0.15) is 0 Å². The predicted molar refractivity (Wildman–Crippen MR) is 66.0 cm³/mol. The van der Waals surface area contributed by atoms with E-state index in [4.69, 9.17) is 5.11 Å². The van der Waals surface area contributed by atoms with Crippen LogP contribution in [-0.2, 0) is 17.8 Å². The summed E-state index contributed by atoms with van der Waals surface area (Å²) >= 11 is 0. The highest BCUT2D eigenvalue weighted by Crippen LogP contribution is 2.05. The van der Waals surface area contributed by atoms with Gasteiger partial charge in [-0.15, -0.1) is 0 Å². The molecule has 0 aliphatic rings. The number of rotatable bonds is 5. The Bertz CT molecular complexity index is 448. The van der Waals surface area contributed by atoms with Crippen molar-refractivity contribution in [3.05, 3.63) is 34.2 Å². The molecule has 4 heteroatoms. The minimum atomic E-state index is -0.872. The van der Waals surface area contributed by atoms with Gasteiger partial charge in [0.15, 0.2) is 0 Å². The Morgan fingerprint density at radius 3 is 2.59 bits per heavy atom. The van der Waals surface area contributed by atoms with Crippen molar-refractivity contribution in [2.24, 2.45) is 11.8 Å². The number of hydrogen-bond acceptors (Lipinski definition) is 2. The van der Waals surface area contributed by atoms with Crippen LogP contribution in [0.3, 0.4) is 0 Å². The quantitative estimate of drug-likeness (QED) is 0.849. The summed E-state index contributed by atoms with van der Waals surface area (Å²) in [4.78, 5) is 22.8. The van der Waals surface area contributed by atoms with Crippen LogP contribution in [0.4, 0.5) is 0 Å². The molecule has 0 aliphatic carbocycles. The summed E-state index contributed by atoms with van der Waals surface area (Å²) in [7, 11) is 0. The maximum atomic E-state index is 12.0. The smallest absolute Gasteiger partial charge is 0.306 e. The van der Waals surface area contributed by atoms with E-state index in [-0.39, 0.29) is 12.0 Å². The second-order valence-electron chi connectivity index (χ2n) is 4.83. The lowest BCUT2D eigenvalue weighted by Crippen LogP contribution is -2.27. The van der Waals surface area contributed by atoms with Gasteiger partial charge in [0, 0.05) is 18.3 Å². The first-order valence-corrected chi connectivity index (χ1v) is 5.83. The van der Waals surface area contributed by atoms with Crippen LogP contribution < -0.4 is 5.56 Å². The molecule has 0 saturated carbocycles. The molecule has 0 saturated heterocycles. The first kappa shape index (κ1) is 13.5. The zero-order valence-electron chi connectivity index (χ0n) is 10.5. The predicted octanol–water partition coefficient (Wildman–Crippen LogP) is 1.77. The van der Waals surface area contributed by atoms with Crippen LogP contribution in [0.25, 0.3) is 0 Å². The van der Waals surface area contributed by atoms with Gasteiger partial charge in [-0.2, -0.15) is 0 Å². The van der Waals surface area contributed by atoms with Crippen molar-refractivity contribution in [1.82, 2.24) is 4.57 Å². The Labute approximate surface area is 101 Å². The van der Waals surface area contributed by atoms with E-state index >= 15 is 0 Å². The molecule has 1 atom stereocenters. The number of carboxylic acids is 1. The molecule has 1 unspecified atom stereocenters. The van der Waals surface area contributed by atoms with E-state index in [0.29, 0.717) is 18.0 Å². The van der Waals surface area contributed by atoms with Gasteiger partial charge in [0.05, 0.1) is 5.92 Å². The molecule has 0 aliphatic heterocycles. The average Bonchev–Trinajstić information content (AvgIpc) is 2.23. The summed E-state index contributed by atoms with van der Waals surface area (Å²) in [5, 5.41) is 8.84. The third-order valence-electron chi connectivity index (χ3n) is 2.61. The second kappa shape index (κ2) is 5.66. The van der Waals surface area contributed by atoms with Crippen LogP contribution in [-0.4, -0.2) is 15.6 Å². The van der Waals surface area contributed by atoms with Crippen LogP contribution in [0, 0.1) is 11.8 Å². The molecule has 0 radical (unpaired) electrons. The van der Waals surface area contributed by atoms with Crippen molar-refractivity contribution in [2.45, 2.75) is 33.7 Å². The monoisotopic (exact) mass is 237 g/mol. The molecule has 1 rings (SSSR count). The highest BCUT2D eigenvalue weighted by atomic mass is 16.4. The van der Waals surface area contributed by atoms with Gasteiger partial charge in [-0.3, -0.25) is 9.59 Å². The number of aromatic nitrogens is 1. The molecule has 0 fully saturated rings. The molecule has 0 spiro atoms. The topological polar surface area (TPSA) is 59.3 Å². The van der Waals surface area contributed by atoms with Crippen molar-refractivity contribution < 1.29 is 9.90 Å². The number of carboxylic acid groups (broad SMARTS) is 1. The minimum Gasteiger partial charge on any atom is -0.481 e. The summed E-state index contributed by atoms with van der Waals surface area (Å²) < 4.78 is 1.65. The summed E-state index contributed by atoms with van der Waals surface area (Å²) in [6.07, 6.45) is 2.03. The molecule has 94 valence electrons. The fourth-order valence-corrected chi connectivity index (χ4v) is 1.70. The van der Waals surface area contributed by atoms with Gasteiger partial charge in [-0.25, -0.2) is 0 Å². The van der Waals surface area contributed by atoms with E-state index in [2.05, 4.69) is 0 Å². The van der Waals surface area contributed by atoms with Crippen molar-refractivity contribution in [3.63, 3.8) is 0 Å². The maximum Gasteiger partial charge on any atom is 0.306 e. The minimum absolute atomic E-state index is 0.0747. The van der Waals surface area contributed by atoms with Gasteiger partial charge >= 0.3 is 5.97 Å². The van der Waals surface area contributed by atoms with E-state index in [1.165, 1.54) is 0 Å². The number of aliphatic carboxylic acids is 1. The van der Waals surface area contributed by atoms with Gasteiger partial charge < -0.3 is 9.67 Å². The third kappa shape index (κ3) is 3.73. The van der Waals surface area contributed by atoms with Crippen molar-refractivity contribution >= 4 is 5.97 Å². The fourth-order valence-electron chi connectivity index (χ4n) is 1.70. The summed E-state index contributed by atoms with van der Waals surface area (Å²) in [5.74, 6) is -1.01. The van der Waals surface area contributed by atoms with Crippen molar-refractivity contribution in [3.8, 4) is 0 Å². The normalized spacial score (nSPS) is 12.7. The van der Waals surface area contributed by atoms with Crippen LogP contribution in [0.15, 0.2) is 23.1 Å². The summed E-state index contributed by atoms with van der Waals surface area (Å²) in [6.45, 7) is 6.35. The molecular formula is C13H19NO3. The van der Waals surface area contributed by atoms with Crippen molar-refractivity contribution in [2.75, 3.05) is 0 Å². The van der Waals surface area contributed by atoms with Gasteiger partial charge in [0.25, 0.3) is 5.56 Å². The molecule has 1 aromatic heterocycles. The number of pyridine rings is 1. The lowest BCUT2D eigenvalue weighted by Gasteiger charge is -2.11. The molecule has 1 heterocycles. The standard InChI is InChI=1S/C13H19NO3/c1-9(2)8-14-6-4-5-11(12(14)15)7-10(3)13(16)17/h4-6,9-10H,7-8H2,1-3H3,(H,16,17). The number of hydrogen-bond donors (Lipinski definition) is 1. The zero-order valence-corrected chi connectivity index (χ0v) is 10.5. The molecule has 0 bridgehead atoms. The molecule has 1 N–H and O–H groups in total. The highest BCUT2D eigenvalue weighted by molar-refractivity contribution is 5.69. The molecule has 0 aromatic carbocycles. The highest BCUT2D eigenvalue weighted by Gasteiger charge is 2.14. The van der Waals surface area contributed by atoms with Crippen LogP contribution in [0.1, 0.15) is 26.3 Å². The van der Waals surface area contributed by atoms with Gasteiger partial charge in [-0.05, 0) is 18.4 Å². The summed E-state index contributed by atoms with van der Waals surface area (Å²) in [5.41, 5.74) is 0.498. The number of nitrogens with zero attached hydrogens (tertiary/aromatic N) is 1. The van der Waals surface area contributed by atoms with E-state index in [1.807, 2.05) is 13.8 Å². The maximum absolute atomic E-state index is 12.0. The van der Waals surface area contributed by atoms with E-state index in [9.17, 15) is 9.59 Å². The van der Waals surface area contributed by atoms with Crippen LogP contribution >= 0.6 is 0 Å². The fraction of sp³-hybridized carbons (Fsp3) is 0.538. The van der Waals surface area contributed by atoms with Crippen LogP contribution in [0.2, 0.25) is 0 Å². The molecule has 1 aromatic rings. The van der Waals surface area contributed by atoms with E-state index in [0.717, 1.165) is 0 Å². The van der Waals surface area contributed by atoms with Gasteiger partial charge in [-0.1, -0.05) is 26.8 Å². The van der Waals surface area contributed by atoms with Crippen molar-refractivity contribution in [1.29, 1.82) is 0 Å². The molecule has 17 heavy (non-hydrogen) atoms. The van der Waals surface area contributed by atoms with Gasteiger partial charge in [0.2, 0.25) is 0 Å². The first-order valence-electron chi connectivity index (χ1n) is 5.83. The zero-order chi connectivity index (χ0) is 13.0. The van der Waals surface area contributed by atoms with E-state index in [1.54, 1.807) is 29.8 Å². The van der Waals surface area contributed by atoms with Crippen LogP contribution in [0.5, 0.6) is 0 Å².